The molecule has 0 fully saturated rings. The fraction of sp³-hybridized carbons (Fsp3) is 0. The van der Waals surface area contributed by atoms with Crippen molar-refractivity contribution < 1.29 is 0 Å². The van der Waals surface area contributed by atoms with E-state index in [4.69, 9.17) is 0 Å². The van der Waals surface area contributed by atoms with E-state index in [0.29, 0.717) is 0 Å². The molecule has 2 aliphatic rings. The van der Waals surface area contributed by atoms with Gasteiger partial charge in [0.25, 0.3) is 0 Å². The van der Waals surface area contributed by atoms with E-state index >= 15 is 0 Å². The van der Waals surface area contributed by atoms with E-state index in [1.807, 2.05) is 0 Å². The molecule has 3 aromatic rings. The summed E-state index contributed by atoms with van der Waals surface area (Å²) >= 11 is 0. The molecule has 0 aliphatic heterocycles. The third-order valence-electron chi connectivity index (χ3n) is 4.61. The summed E-state index contributed by atoms with van der Waals surface area (Å²) in [5.41, 5.74) is 0. The smallest absolute Gasteiger partial charge is 0.00926 e. The van der Waals surface area contributed by atoms with Crippen LogP contribution in [0.2, 0.25) is 0 Å². The molecule has 0 N–H and O–H groups in total. The Labute approximate surface area is 128 Å². The summed E-state index contributed by atoms with van der Waals surface area (Å²) in [5, 5.41) is 10.7. The molecule has 0 aromatic heterocycles. The van der Waals surface area contributed by atoms with Crippen molar-refractivity contribution in [1.82, 2.24) is 0 Å². The largest absolute Gasteiger partial charge is 0.0616 e. The van der Waals surface area contributed by atoms with Gasteiger partial charge in [0.05, 0.1) is 0 Å². The highest BCUT2D eigenvalue weighted by atomic mass is 14.1. The summed E-state index contributed by atoms with van der Waals surface area (Å²) < 4.78 is 0. The minimum Gasteiger partial charge on any atom is -0.0616 e. The zero-order valence-electron chi connectivity index (χ0n) is 12.1. The third-order valence-corrected chi connectivity index (χ3v) is 4.61. The molecule has 0 saturated heterocycles. The number of hydrogen-bond donors (Lipinski definition) is 0. The van der Waals surface area contributed by atoms with Gasteiger partial charge < -0.3 is 0 Å². The van der Waals surface area contributed by atoms with Gasteiger partial charge in [-0.1, -0.05) is 72.8 Å². The summed E-state index contributed by atoms with van der Waals surface area (Å²) in [7, 11) is 0. The lowest BCUT2D eigenvalue weighted by Gasteiger charge is -2.09. The lowest BCUT2D eigenvalue weighted by atomic mass is 9.95. The summed E-state index contributed by atoms with van der Waals surface area (Å²) in [4.78, 5) is 0. The highest BCUT2D eigenvalue weighted by molar-refractivity contribution is 6.06. The van der Waals surface area contributed by atoms with Gasteiger partial charge >= 0.3 is 0 Å². The summed E-state index contributed by atoms with van der Waals surface area (Å²) in [6.45, 7) is 0. The second kappa shape index (κ2) is 4.32. The monoisotopic (exact) mass is 278 g/mol. The Morgan fingerprint density at radius 3 is 1.18 bits per heavy atom. The van der Waals surface area contributed by atoms with Crippen molar-refractivity contribution in [3.05, 3.63) is 95.4 Å². The minimum atomic E-state index is 1.30. The van der Waals surface area contributed by atoms with E-state index in [1.54, 1.807) is 0 Å². The molecule has 0 nitrogen and oxygen atoms in total. The molecular formula is C22H14. The SMILES string of the molecule is c1ccc2c(c1)cc1c3ccccc3c=1cc1ccccc12. The first-order chi connectivity index (χ1) is 10.9. The molecule has 0 bridgehead atoms. The second-order valence-corrected chi connectivity index (χ2v) is 5.84. The Morgan fingerprint density at radius 2 is 0.727 bits per heavy atom. The first-order valence-electron chi connectivity index (χ1n) is 7.64. The molecule has 0 amide bonds. The van der Waals surface area contributed by atoms with Crippen LogP contribution in [0, 0.1) is 10.4 Å². The molecule has 0 atom stereocenters. The quantitative estimate of drug-likeness (QED) is 0.332. The van der Waals surface area contributed by atoms with Crippen molar-refractivity contribution in [2.75, 3.05) is 0 Å². The standard InChI is InChI=1S/C22H14/c1-3-9-17-15(7-1)13-21-19-11-5-6-12-20(19)22(21)14-16-8-2-4-10-18(16)17/h1-14H. The minimum absolute atomic E-state index is 1.30. The van der Waals surface area contributed by atoms with Gasteiger partial charge in [-0.15, -0.1) is 0 Å². The Morgan fingerprint density at radius 1 is 0.364 bits per heavy atom. The van der Waals surface area contributed by atoms with Crippen molar-refractivity contribution in [3.8, 4) is 0 Å². The third kappa shape index (κ3) is 1.52. The fourth-order valence-corrected chi connectivity index (χ4v) is 3.54. The average molecular weight is 278 g/mol. The summed E-state index contributed by atoms with van der Waals surface area (Å²) in [6.07, 6.45) is 0. The van der Waals surface area contributed by atoms with Crippen LogP contribution in [0.15, 0.2) is 84.9 Å². The predicted molar refractivity (Wildman–Crippen MR) is 94.3 cm³/mol. The number of fused-ring (bicyclic) bond motifs is 6. The molecule has 3 aromatic carbocycles. The maximum absolute atomic E-state index is 2.33. The van der Waals surface area contributed by atoms with E-state index in [9.17, 15) is 0 Å². The molecule has 102 valence electrons. The van der Waals surface area contributed by atoms with Gasteiger partial charge in [0.15, 0.2) is 0 Å². The molecule has 0 unspecified atom stereocenters. The van der Waals surface area contributed by atoms with Gasteiger partial charge in [-0.25, -0.2) is 0 Å². The van der Waals surface area contributed by atoms with Crippen LogP contribution in [-0.4, -0.2) is 0 Å². The Hall–Kier alpha value is -2.86. The van der Waals surface area contributed by atoms with Gasteiger partial charge in [-0.3, -0.25) is 0 Å². The summed E-state index contributed by atoms with van der Waals surface area (Å²) in [5.74, 6) is 0. The Bertz CT molecular complexity index is 1120. The van der Waals surface area contributed by atoms with E-state index in [1.165, 1.54) is 42.8 Å². The van der Waals surface area contributed by atoms with Crippen molar-refractivity contribution in [3.63, 3.8) is 0 Å². The van der Waals surface area contributed by atoms with Crippen molar-refractivity contribution >= 4 is 32.3 Å². The fourth-order valence-electron chi connectivity index (χ4n) is 3.54. The van der Waals surface area contributed by atoms with Crippen LogP contribution in [0.1, 0.15) is 0 Å². The highest BCUT2D eigenvalue weighted by Crippen LogP contribution is 2.29. The van der Waals surface area contributed by atoms with Crippen molar-refractivity contribution in [2.45, 2.75) is 0 Å². The maximum Gasteiger partial charge on any atom is -0.00926 e. The van der Waals surface area contributed by atoms with Crippen molar-refractivity contribution in [1.29, 1.82) is 0 Å². The van der Waals surface area contributed by atoms with Gasteiger partial charge in [0.2, 0.25) is 0 Å². The topological polar surface area (TPSA) is 0 Å². The molecule has 5 rings (SSSR count). The normalized spacial score (nSPS) is 11.6. The number of hydrogen-bond acceptors (Lipinski definition) is 0. The van der Waals surface area contributed by atoms with Crippen molar-refractivity contribution in [2.24, 2.45) is 0 Å². The molecule has 0 radical (unpaired) electrons. The van der Waals surface area contributed by atoms with E-state index in [2.05, 4.69) is 84.9 Å². The van der Waals surface area contributed by atoms with E-state index < -0.39 is 0 Å². The molecule has 0 heterocycles. The van der Waals surface area contributed by atoms with Crippen LogP contribution in [0.5, 0.6) is 0 Å². The zero-order chi connectivity index (χ0) is 14.5. The first kappa shape index (κ1) is 11.8. The maximum atomic E-state index is 2.33. The first-order valence-corrected chi connectivity index (χ1v) is 7.64. The van der Waals surface area contributed by atoms with Gasteiger partial charge in [0, 0.05) is 0 Å². The van der Waals surface area contributed by atoms with Gasteiger partial charge in [0.1, 0.15) is 0 Å². The lowest BCUT2D eigenvalue weighted by Crippen LogP contribution is -1.87. The zero-order valence-corrected chi connectivity index (χ0v) is 12.1. The lowest BCUT2D eigenvalue weighted by molar-refractivity contribution is 1.57. The molecule has 0 spiro atoms. The van der Waals surface area contributed by atoms with Crippen LogP contribution in [0.3, 0.4) is 0 Å². The van der Waals surface area contributed by atoms with Crippen LogP contribution >= 0.6 is 0 Å². The Kier molecular flexibility index (Phi) is 2.31. The molecule has 22 heavy (non-hydrogen) atoms. The molecular weight excluding hydrogens is 264 g/mol. The average Bonchev–Trinajstić information content (AvgIpc) is 2.57. The predicted octanol–water partition coefficient (Wildman–Crippen LogP) is 5.87. The number of rotatable bonds is 0. The van der Waals surface area contributed by atoms with Gasteiger partial charge in [-0.05, 0) is 54.9 Å². The van der Waals surface area contributed by atoms with Crippen LogP contribution in [0.25, 0.3) is 32.3 Å². The molecule has 2 aliphatic carbocycles. The highest BCUT2D eigenvalue weighted by Gasteiger charge is 2.06. The second-order valence-electron chi connectivity index (χ2n) is 5.84. The van der Waals surface area contributed by atoms with E-state index in [-0.39, 0.29) is 0 Å². The summed E-state index contributed by atoms with van der Waals surface area (Å²) in [6, 6.07) is 30.7. The Balaban J connectivity index is 2.18. The molecule has 0 heteroatoms. The van der Waals surface area contributed by atoms with E-state index in [0.717, 1.165) is 0 Å². The molecule has 0 saturated carbocycles. The van der Waals surface area contributed by atoms with Crippen LogP contribution < -0.4 is 0 Å². The van der Waals surface area contributed by atoms with Crippen LogP contribution in [-0.2, 0) is 0 Å². The van der Waals surface area contributed by atoms with Gasteiger partial charge in [-0.2, -0.15) is 0 Å². The number of benzene rings is 3. The van der Waals surface area contributed by atoms with Crippen LogP contribution in [0.4, 0.5) is 0 Å².